The lowest BCUT2D eigenvalue weighted by Gasteiger charge is -2.39. The number of ether oxygens (including phenoxy) is 1. The molecule has 0 amide bonds. The highest BCUT2D eigenvalue weighted by molar-refractivity contribution is 5.94. The number of hydrogen-bond acceptors (Lipinski definition) is 4. The average Bonchev–Trinajstić information content (AvgIpc) is 2.37. The molecule has 2 heterocycles. The molecule has 2 rings (SSSR count). The molecule has 0 aromatic carbocycles. The van der Waals surface area contributed by atoms with Crippen LogP contribution in [0.3, 0.4) is 0 Å². The summed E-state index contributed by atoms with van der Waals surface area (Å²) in [6, 6.07) is 3.78. The Hall–Kier alpha value is -1.42. The number of ketones is 1. The molecule has 0 bridgehead atoms. The van der Waals surface area contributed by atoms with Crippen LogP contribution in [-0.4, -0.2) is 36.1 Å². The van der Waals surface area contributed by atoms with Crippen molar-refractivity contribution in [2.75, 3.05) is 24.6 Å². The minimum Gasteiger partial charge on any atom is -0.372 e. The molecule has 0 atom stereocenters. The number of nitrogens with zero attached hydrogens (tertiary/aromatic N) is 2. The summed E-state index contributed by atoms with van der Waals surface area (Å²) in [7, 11) is 0. The quantitative estimate of drug-likeness (QED) is 0.770. The van der Waals surface area contributed by atoms with Gasteiger partial charge in [0.2, 0.25) is 0 Å². The van der Waals surface area contributed by atoms with Crippen LogP contribution in [0.15, 0.2) is 18.3 Å². The molecule has 98 valence electrons. The summed E-state index contributed by atoms with van der Waals surface area (Å²) in [6.07, 6.45) is 2.28. The van der Waals surface area contributed by atoms with E-state index in [1.807, 2.05) is 19.1 Å². The molecule has 4 heteroatoms. The Morgan fingerprint density at radius 2 is 2.28 bits per heavy atom. The number of morpholine rings is 1. The van der Waals surface area contributed by atoms with E-state index in [9.17, 15) is 4.79 Å². The zero-order valence-corrected chi connectivity index (χ0v) is 11.3. The van der Waals surface area contributed by atoms with Gasteiger partial charge in [0.15, 0.2) is 5.78 Å². The number of pyridine rings is 1. The van der Waals surface area contributed by atoms with E-state index in [0.717, 1.165) is 25.4 Å². The molecule has 0 unspecified atom stereocenters. The van der Waals surface area contributed by atoms with Crippen LogP contribution in [0, 0.1) is 0 Å². The number of rotatable bonds is 3. The van der Waals surface area contributed by atoms with Crippen LogP contribution >= 0.6 is 0 Å². The van der Waals surface area contributed by atoms with Gasteiger partial charge in [-0.25, -0.2) is 0 Å². The molecule has 1 aromatic heterocycles. The highest BCUT2D eigenvalue weighted by Crippen LogP contribution is 2.22. The third-order valence-electron chi connectivity index (χ3n) is 3.15. The van der Waals surface area contributed by atoms with E-state index < -0.39 is 0 Å². The van der Waals surface area contributed by atoms with Crippen LogP contribution in [0.5, 0.6) is 0 Å². The van der Waals surface area contributed by atoms with Gasteiger partial charge in [-0.15, -0.1) is 0 Å². The lowest BCUT2D eigenvalue weighted by molar-refractivity contribution is -0.0277. The summed E-state index contributed by atoms with van der Waals surface area (Å²) in [5, 5.41) is 0. The minimum absolute atomic E-state index is 0.0869. The van der Waals surface area contributed by atoms with Crippen molar-refractivity contribution < 1.29 is 9.53 Å². The maximum Gasteiger partial charge on any atom is 0.180 e. The van der Waals surface area contributed by atoms with Crippen molar-refractivity contribution in [3.05, 3.63) is 24.0 Å². The van der Waals surface area contributed by atoms with E-state index in [2.05, 4.69) is 23.7 Å². The van der Waals surface area contributed by atoms with Crippen molar-refractivity contribution in [3.63, 3.8) is 0 Å². The van der Waals surface area contributed by atoms with Crippen LogP contribution in [0.2, 0.25) is 0 Å². The molecular formula is C14H20N2O2. The summed E-state index contributed by atoms with van der Waals surface area (Å²) < 4.78 is 5.68. The van der Waals surface area contributed by atoms with Gasteiger partial charge >= 0.3 is 0 Å². The number of anilines is 1. The Balaban J connectivity index is 2.12. The van der Waals surface area contributed by atoms with Crippen molar-refractivity contribution in [2.45, 2.75) is 32.8 Å². The van der Waals surface area contributed by atoms with Gasteiger partial charge in [0.1, 0.15) is 5.69 Å². The van der Waals surface area contributed by atoms with Crippen molar-refractivity contribution in [1.29, 1.82) is 0 Å². The zero-order valence-electron chi connectivity index (χ0n) is 11.3. The van der Waals surface area contributed by atoms with Crippen LogP contribution < -0.4 is 4.90 Å². The smallest absolute Gasteiger partial charge is 0.180 e. The monoisotopic (exact) mass is 248 g/mol. The Morgan fingerprint density at radius 1 is 1.50 bits per heavy atom. The summed E-state index contributed by atoms with van der Waals surface area (Å²) in [4.78, 5) is 18.0. The van der Waals surface area contributed by atoms with E-state index >= 15 is 0 Å². The SMILES string of the molecule is CCC(=O)c1ccc(N2CCOC(C)(C)C2)cn1. The molecule has 0 N–H and O–H groups in total. The molecule has 1 saturated heterocycles. The van der Waals surface area contributed by atoms with Crippen molar-refractivity contribution >= 4 is 11.5 Å². The van der Waals surface area contributed by atoms with Crippen LogP contribution in [0.4, 0.5) is 5.69 Å². The lowest BCUT2D eigenvalue weighted by atomic mass is 10.1. The Bertz CT molecular complexity index is 426. The summed E-state index contributed by atoms with van der Waals surface area (Å²) >= 11 is 0. The fraction of sp³-hybridized carbons (Fsp3) is 0.571. The van der Waals surface area contributed by atoms with E-state index in [0.29, 0.717) is 12.1 Å². The van der Waals surface area contributed by atoms with Crippen molar-refractivity contribution in [1.82, 2.24) is 4.98 Å². The molecular weight excluding hydrogens is 228 g/mol. The molecule has 18 heavy (non-hydrogen) atoms. The second-order valence-corrected chi connectivity index (χ2v) is 5.21. The number of hydrogen-bond donors (Lipinski definition) is 0. The van der Waals surface area contributed by atoms with Gasteiger partial charge in [-0.3, -0.25) is 9.78 Å². The van der Waals surface area contributed by atoms with Crippen LogP contribution in [0.1, 0.15) is 37.7 Å². The number of carbonyl (C=O) groups excluding carboxylic acids is 1. The van der Waals surface area contributed by atoms with E-state index in [1.165, 1.54) is 0 Å². The number of Topliss-reactive ketones (excluding diaryl/α,β-unsaturated/α-hetero) is 1. The summed E-state index contributed by atoms with van der Waals surface area (Å²) in [6.45, 7) is 8.45. The van der Waals surface area contributed by atoms with Gasteiger partial charge in [0, 0.05) is 19.5 Å². The fourth-order valence-corrected chi connectivity index (χ4v) is 2.16. The maximum absolute atomic E-state index is 11.5. The molecule has 1 fully saturated rings. The first-order valence-electron chi connectivity index (χ1n) is 6.40. The van der Waals surface area contributed by atoms with Gasteiger partial charge in [-0.2, -0.15) is 0 Å². The second-order valence-electron chi connectivity index (χ2n) is 5.21. The molecule has 1 aliphatic heterocycles. The van der Waals surface area contributed by atoms with Gasteiger partial charge in [-0.05, 0) is 26.0 Å². The summed E-state index contributed by atoms with van der Waals surface area (Å²) in [5.41, 5.74) is 1.48. The Morgan fingerprint density at radius 3 is 2.83 bits per heavy atom. The zero-order chi connectivity index (χ0) is 13.2. The molecule has 1 aromatic rings. The highest BCUT2D eigenvalue weighted by Gasteiger charge is 2.27. The molecule has 0 spiro atoms. The van der Waals surface area contributed by atoms with Crippen LogP contribution in [-0.2, 0) is 4.74 Å². The van der Waals surface area contributed by atoms with Gasteiger partial charge in [-0.1, -0.05) is 6.92 Å². The second kappa shape index (κ2) is 5.06. The molecule has 0 aliphatic carbocycles. The third-order valence-corrected chi connectivity index (χ3v) is 3.15. The average molecular weight is 248 g/mol. The first-order chi connectivity index (χ1) is 8.52. The fourth-order valence-electron chi connectivity index (χ4n) is 2.16. The lowest BCUT2D eigenvalue weighted by Crippen LogP contribution is -2.48. The normalized spacial score (nSPS) is 18.7. The summed E-state index contributed by atoms with van der Waals surface area (Å²) in [5.74, 6) is 0.0869. The van der Waals surface area contributed by atoms with Crippen molar-refractivity contribution in [2.24, 2.45) is 0 Å². The third kappa shape index (κ3) is 2.88. The number of aromatic nitrogens is 1. The number of carbonyl (C=O) groups is 1. The minimum atomic E-state index is -0.129. The molecule has 1 aliphatic rings. The standard InChI is InChI=1S/C14H20N2O2/c1-4-13(17)12-6-5-11(9-15-12)16-7-8-18-14(2,3)10-16/h5-6,9H,4,7-8,10H2,1-3H3. The maximum atomic E-state index is 11.5. The van der Waals surface area contributed by atoms with Crippen LogP contribution in [0.25, 0.3) is 0 Å². The van der Waals surface area contributed by atoms with Crippen molar-refractivity contribution in [3.8, 4) is 0 Å². The first-order valence-corrected chi connectivity index (χ1v) is 6.40. The van der Waals surface area contributed by atoms with E-state index in [-0.39, 0.29) is 11.4 Å². The Kier molecular flexibility index (Phi) is 3.66. The predicted molar refractivity (Wildman–Crippen MR) is 71.1 cm³/mol. The van der Waals surface area contributed by atoms with Gasteiger partial charge in [0.05, 0.1) is 24.1 Å². The first kappa shape index (κ1) is 13.0. The van der Waals surface area contributed by atoms with E-state index in [4.69, 9.17) is 4.74 Å². The predicted octanol–water partition coefficient (Wildman–Crippen LogP) is 2.29. The highest BCUT2D eigenvalue weighted by atomic mass is 16.5. The van der Waals surface area contributed by atoms with Gasteiger partial charge < -0.3 is 9.64 Å². The topological polar surface area (TPSA) is 42.4 Å². The van der Waals surface area contributed by atoms with Gasteiger partial charge in [0.25, 0.3) is 0 Å². The Labute approximate surface area is 108 Å². The van der Waals surface area contributed by atoms with E-state index in [1.54, 1.807) is 6.20 Å². The largest absolute Gasteiger partial charge is 0.372 e. The molecule has 0 radical (unpaired) electrons. The molecule has 0 saturated carbocycles. The molecule has 4 nitrogen and oxygen atoms in total.